The molecule has 3 aromatic rings. The van der Waals surface area contributed by atoms with Gasteiger partial charge in [0.1, 0.15) is 29.4 Å². The first-order valence-electron chi connectivity index (χ1n) is 7.24. The van der Waals surface area contributed by atoms with E-state index in [4.69, 9.17) is 9.15 Å². The second-order valence-electron chi connectivity index (χ2n) is 5.14. The lowest BCUT2D eigenvalue weighted by Gasteiger charge is -2.13. The number of furan rings is 1. The Morgan fingerprint density at radius 1 is 1.09 bits per heavy atom. The van der Waals surface area contributed by atoms with E-state index < -0.39 is 0 Å². The standard InChI is InChI=1S/C19H16O4/c1-13(20)15-9-10-17(23-12-14-6-3-2-4-7-14)18(19(15)21)16-8-5-11-22-16/h2-11,21H,12H2,1H3. The molecule has 0 spiro atoms. The Labute approximate surface area is 134 Å². The normalized spacial score (nSPS) is 10.5. The molecule has 0 aliphatic carbocycles. The summed E-state index contributed by atoms with van der Waals surface area (Å²) in [7, 11) is 0. The molecule has 0 radical (unpaired) electrons. The van der Waals surface area contributed by atoms with Crippen LogP contribution in [-0.4, -0.2) is 10.9 Å². The van der Waals surface area contributed by atoms with Crippen LogP contribution in [0.5, 0.6) is 11.5 Å². The molecular weight excluding hydrogens is 292 g/mol. The molecule has 4 heteroatoms. The van der Waals surface area contributed by atoms with Gasteiger partial charge in [0, 0.05) is 0 Å². The number of aromatic hydroxyl groups is 1. The molecule has 0 aliphatic rings. The van der Waals surface area contributed by atoms with E-state index in [0.29, 0.717) is 23.7 Å². The summed E-state index contributed by atoms with van der Waals surface area (Å²) < 4.78 is 11.2. The number of ketones is 1. The smallest absolute Gasteiger partial charge is 0.163 e. The zero-order chi connectivity index (χ0) is 16.2. The van der Waals surface area contributed by atoms with E-state index in [1.54, 1.807) is 24.3 Å². The summed E-state index contributed by atoms with van der Waals surface area (Å²) in [6.45, 7) is 1.76. The summed E-state index contributed by atoms with van der Waals surface area (Å²) in [6.07, 6.45) is 1.51. The van der Waals surface area contributed by atoms with Crippen molar-refractivity contribution < 1.29 is 19.1 Å². The van der Waals surface area contributed by atoms with Crippen LogP contribution in [0.2, 0.25) is 0 Å². The van der Waals surface area contributed by atoms with Gasteiger partial charge in [-0.25, -0.2) is 0 Å². The Balaban J connectivity index is 1.99. The number of hydrogen-bond donors (Lipinski definition) is 1. The number of carbonyl (C=O) groups excluding carboxylic acids is 1. The molecule has 1 aromatic heterocycles. The number of hydrogen-bond acceptors (Lipinski definition) is 4. The van der Waals surface area contributed by atoms with Crippen LogP contribution in [-0.2, 0) is 6.61 Å². The lowest BCUT2D eigenvalue weighted by molar-refractivity contribution is 0.101. The van der Waals surface area contributed by atoms with E-state index in [2.05, 4.69) is 0 Å². The van der Waals surface area contributed by atoms with Crippen LogP contribution in [0.4, 0.5) is 0 Å². The highest BCUT2D eigenvalue weighted by molar-refractivity contribution is 5.99. The molecule has 23 heavy (non-hydrogen) atoms. The van der Waals surface area contributed by atoms with E-state index in [1.807, 2.05) is 30.3 Å². The summed E-state index contributed by atoms with van der Waals surface area (Å²) in [5, 5.41) is 10.4. The SMILES string of the molecule is CC(=O)c1ccc(OCc2ccccc2)c(-c2ccco2)c1O. The third-order valence-corrected chi connectivity index (χ3v) is 3.52. The molecule has 3 rings (SSSR count). The molecule has 0 amide bonds. The van der Waals surface area contributed by atoms with Crippen molar-refractivity contribution in [1.82, 2.24) is 0 Å². The fraction of sp³-hybridized carbons (Fsp3) is 0.105. The highest BCUT2D eigenvalue weighted by Crippen LogP contribution is 2.40. The van der Waals surface area contributed by atoms with Gasteiger partial charge in [-0.1, -0.05) is 30.3 Å². The minimum atomic E-state index is -0.218. The molecule has 0 unspecified atom stereocenters. The lowest BCUT2D eigenvalue weighted by atomic mass is 10.0. The van der Waals surface area contributed by atoms with Gasteiger partial charge in [0.15, 0.2) is 5.78 Å². The fourth-order valence-corrected chi connectivity index (χ4v) is 2.37. The third kappa shape index (κ3) is 3.11. The van der Waals surface area contributed by atoms with Crippen LogP contribution >= 0.6 is 0 Å². The molecule has 0 saturated carbocycles. The Bertz CT molecular complexity index is 805. The largest absolute Gasteiger partial charge is 0.506 e. The maximum atomic E-state index is 11.6. The Kier molecular flexibility index (Phi) is 4.15. The number of ether oxygens (including phenoxy) is 1. The third-order valence-electron chi connectivity index (χ3n) is 3.52. The molecule has 0 fully saturated rings. The number of benzene rings is 2. The van der Waals surface area contributed by atoms with Gasteiger partial charge in [-0.05, 0) is 36.8 Å². The zero-order valence-electron chi connectivity index (χ0n) is 12.7. The van der Waals surface area contributed by atoms with E-state index in [0.717, 1.165) is 5.56 Å². The first kappa shape index (κ1) is 14.9. The maximum absolute atomic E-state index is 11.6. The second kappa shape index (κ2) is 6.40. The van der Waals surface area contributed by atoms with Crippen LogP contribution in [0.15, 0.2) is 65.3 Å². The topological polar surface area (TPSA) is 59.7 Å². The summed E-state index contributed by atoms with van der Waals surface area (Å²) in [4.78, 5) is 11.6. The minimum absolute atomic E-state index is 0.127. The van der Waals surface area contributed by atoms with Crippen molar-refractivity contribution >= 4 is 5.78 Å². The lowest BCUT2D eigenvalue weighted by Crippen LogP contribution is -2.00. The highest BCUT2D eigenvalue weighted by atomic mass is 16.5. The van der Waals surface area contributed by atoms with Crippen molar-refractivity contribution in [1.29, 1.82) is 0 Å². The number of phenols is 1. The van der Waals surface area contributed by atoms with E-state index in [-0.39, 0.29) is 17.1 Å². The molecular formula is C19H16O4. The van der Waals surface area contributed by atoms with Crippen LogP contribution in [0.1, 0.15) is 22.8 Å². The molecule has 0 bridgehead atoms. The molecule has 1 heterocycles. The predicted molar refractivity (Wildman–Crippen MR) is 86.6 cm³/mol. The predicted octanol–water partition coefficient (Wildman–Crippen LogP) is 4.43. The number of carbonyl (C=O) groups is 1. The summed E-state index contributed by atoms with van der Waals surface area (Å²) in [5.41, 5.74) is 1.63. The van der Waals surface area contributed by atoms with E-state index in [1.165, 1.54) is 13.2 Å². The van der Waals surface area contributed by atoms with Crippen molar-refractivity contribution in [3.63, 3.8) is 0 Å². The number of rotatable bonds is 5. The molecule has 116 valence electrons. The summed E-state index contributed by atoms with van der Waals surface area (Å²) >= 11 is 0. The zero-order valence-corrected chi connectivity index (χ0v) is 12.7. The van der Waals surface area contributed by atoms with Gasteiger partial charge in [-0.3, -0.25) is 4.79 Å². The second-order valence-corrected chi connectivity index (χ2v) is 5.14. The van der Waals surface area contributed by atoms with Gasteiger partial charge in [0.25, 0.3) is 0 Å². The van der Waals surface area contributed by atoms with Crippen LogP contribution in [0, 0.1) is 0 Å². The molecule has 0 atom stereocenters. The number of Topliss-reactive ketones (excluding diaryl/α,β-unsaturated/α-hetero) is 1. The molecule has 1 N–H and O–H groups in total. The van der Waals surface area contributed by atoms with Crippen molar-refractivity contribution in [2.45, 2.75) is 13.5 Å². The monoisotopic (exact) mass is 308 g/mol. The molecule has 4 nitrogen and oxygen atoms in total. The number of phenolic OH excluding ortho intramolecular Hbond substituents is 1. The average molecular weight is 308 g/mol. The van der Waals surface area contributed by atoms with Crippen LogP contribution in [0.3, 0.4) is 0 Å². The average Bonchev–Trinajstić information content (AvgIpc) is 3.07. The van der Waals surface area contributed by atoms with Crippen molar-refractivity contribution in [3.8, 4) is 22.8 Å². The first-order valence-corrected chi connectivity index (χ1v) is 7.24. The van der Waals surface area contributed by atoms with Crippen molar-refractivity contribution in [3.05, 3.63) is 72.0 Å². The molecule has 0 aliphatic heterocycles. The van der Waals surface area contributed by atoms with Gasteiger partial charge in [0.2, 0.25) is 0 Å². The van der Waals surface area contributed by atoms with Gasteiger partial charge in [-0.15, -0.1) is 0 Å². The van der Waals surface area contributed by atoms with Gasteiger partial charge in [-0.2, -0.15) is 0 Å². The Morgan fingerprint density at radius 3 is 2.52 bits per heavy atom. The van der Waals surface area contributed by atoms with Gasteiger partial charge in [0.05, 0.1) is 11.8 Å². The molecule has 2 aromatic carbocycles. The van der Waals surface area contributed by atoms with Gasteiger partial charge >= 0.3 is 0 Å². The highest BCUT2D eigenvalue weighted by Gasteiger charge is 2.20. The van der Waals surface area contributed by atoms with E-state index in [9.17, 15) is 9.90 Å². The van der Waals surface area contributed by atoms with E-state index >= 15 is 0 Å². The van der Waals surface area contributed by atoms with Crippen LogP contribution in [0.25, 0.3) is 11.3 Å². The summed E-state index contributed by atoms with van der Waals surface area (Å²) in [5.74, 6) is 0.572. The van der Waals surface area contributed by atoms with Crippen molar-refractivity contribution in [2.24, 2.45) is 0 Å². The minimum Gasteiger partial charge on any atom is -0.506 e. The molecule has 0 saturated heterocycles. The van der Waals surface area contributed by atoms with Gasteiger partial charge < -0.3 is 14.3 Å². The Hall–Kier alpha value is -3.01. The Morgan fingerprint density at radius 2 is 1.87 bits per heavy atom. The van der Waals surface area contributed by atoms with Crippen molar-refractivity contribution in [2.75, 3.05) is 0 Å². The van der Waals surface area contributed by atoms with Crippen LogP contribution < -0.4 is 4.74 Å². The quantitative estimate of drug-likeness (QED) is 0.708. The maximum Gasteiger partial charge on any atom is 0.163 e. The first-order chi connectivity index (χ1) is 11.2. The fourth-order valence-electron chi connectivity index (χ4n) is 2.37. The summed E-state index contributed by atoms with van der Waals surface area (Å²) in [6, 6.07) is 16.4.